The first-order valence-electron chi connectivity index (χ1n) is 2.88. The molecule has 0 aromatic carbocycles. The third-order valence-electron chi connectivity index (χ3n) is 0.939. The van der Waals surface area contributed by atoms with E-state index in [1.54, 1.807) is 0 Å². The number of terminal acetylenes is 1. The fourth-order valence-corrected chi connectivity index (χ4v) is 0.576. The highest BCUT2D eigenvalue weighted by atomic mass is 14.6. The zero-order valence-corrected chi connectivity index (χ0v) is 5.52. The van der Waals surface area contributed by atoms with Gasteiger partial charge in [0, 0.05) is 0 Å². The van der Waals surface area contributed by atoms with Gasteiger partial charge >= 0.3 is 0 Å². The SMILES string of the molecule is C#CC(N)CC(C)C. The maximum Gasteiger partial charge on any atom is 0.0664 e. The van der Waals surface area contributed by atoms with Gasteiger partial charge in [-0.1, -0.05) is 19.8 Å². The van der Waals surface area contributed by atoms with Crippen LogP contribution in [0, 0.1) is 18.3 Å². The first-order chi connectivity index (χ1) is 3.66. The first-order valence-corrected chi connectivity index (χ1v) is 2.88. The van der Waals surface area contributed by atoms with Crippen LogP contribution in [0.1, 0.15) is 20.3 Å². The molecule has 1 atom stereocenters. The second-order valence-corrected chi connectivity index (χ2v) is 2.40. The molecule has 1 nitrogen and oxygen atoms in total. The van der Waals surface area contributed by atoms with Gasteiger partial charge in [0.05, 0.1) is 6.04 Å². The molecule has 2 N–H and O–H groups in total. The van der Waals surface area contributed by atoms with Crippen LogP contribution in [0.3, 0.4) is 0 Å². The van der Waals surface area contributed by atoms with Gasteiger partial charge in [-0.2, -0.15) is 0 Å². The topological polar surface area (TPSA) is 26.0 Å². The largest absolute Gasteiger partial charge is 0.318 e. The Morgan fingerprint density at radius 3 is 2.25 bits per heavy atom. The molecule has 0 heterocycles. The summed E-state index contributed by atoms with van der Waals surface area (Å²) in [5.74, 6) is 3.09. The Hall–Kier alpha value is -0.480. The molecular formula is C7H13N. The predicted molar refractivity (Wildman–Crippen MR) is 36.3 cm³/mol. The summed E-state index contributed by atoms with van der Waals surface area (Å²) in [6.07, 6.45) is 5.97. The monoisotopic (exact) mass is 111 g/mol. The Balaban J connectivity index is 3.28. The first kappa shape index (κ1) is 7.52. The molecule has 8 heavy (non-hydrogen) atoms. The molecule has 0 aromatic heterocycles. The molecule has 0 bridgehead atoms. The van der Waals surface area contributed by atoms with Crippen molar-refractivity contribution in [2.24, 2.45) is 11.7 Å². The summed E-state index contributed by atoms with van der Waals surface area (Å²) in [4.78, 5) is 0. The average Bonchev–Trinajstić information content (AvgIpc) is 1.65. The van der Waals surface area contributed by atoms with Gasteiger partial charge in [0.2, 0.25) is 0 Å². The summed E-state index contributed by atoms with van der Waals surface area (Å²) < 4.78 is 0. The van der Waals surface area contributed by atoms with E-state index in [9.17, 15) is 0 Å². The molecule has 0 amide bonds. The minimum absolute atomic E-state index is 0.0463. The molecule has 46 valence electrons. The predicted octanol–water partition coefficient (Wildman–Crippen LogP) is 0.993. The smallest absolute Gasteiger partial charge is 0.0664 e. The fraction of sp³-hybridized carbons (Fsp3) is 0.714. The highest BCUT2D eigenvalue weighted by Crippen LogP contribution is 2.00. The third kappa shape index (κ3) is 3.70. The van der Waals surface area contributed by atoms with Crippen molar-refractivity contribution in [1.29, 1.82) is 0 Å². The van der Waals surface area contributed by atoms with Crippen LogP contribution < -0.4 is 5.73 Å². The third-order valence-corrected chi connectivity index (χ3v) is 0.939. The lowest BCUT2D eigenvalue weighted by Gasteiger charge is -2.05. The Morgan fingerprint density at radius 1 is 1.62 bits per heavy atom. The van der Waals surface area contributed by atoms with Gasteiger partial charge in [0.1, 0.15) is 0 Å². The van der Waals surface area contributed by atoms with Crippen molar-refractivity contribution >= 4 is 0 Å². The number of rotatable bonds is 2. The lowest BCUT2D eigenvalue weighted by atomic mass is 10.1. The van der Waals surface area contributed by atoms with E-state index in [1.807, 2.05) is 0 Å². The van der Waals surface area contributed by atoms with E-state index in [-0.39, 0.29) is 6.04 Å². The minimum atomic E-state index is -0.0463. The molecule has 0 fully saturated rings. The minimum Gasteiger partial charge on any atom is -0.318 e. The standard InChI is InChI=1S/C7H13N/c1-4-7(8)5-6(2)3/h1,6-7H,5,8H2,2-3H3. The van der Waals surface area contributed by atoms with Crippen LogP contribution in [0.2, 0.25) is 0 Å². The average molecular weight is 111 g/mol. The van der Waals surface area contributed by atoms with Gasteiger partial charge < -0.3 is 5.73 Å². The molecule has 0 radical (unpaired) electrons. The summed E-state index contributed by atoms with van der Waals surface area (Å²) in [6.45, 7) is 4.22. The molecule has 0 aliphatic carbocycles. The van der Waals surface area contributed by atoms with Gasteiger partial charge in [-0.15, -0.1) is 6.42 Å². The van der Waals surface area contributed by atoms with Crippen molar-refractivity contribution in [2.45, 2.75) is 26.3 Å². The second-order valence-electron chi connectivity index (χ2n) is 2.40. The highest BCUT2D eigenvalue weighted by Gasteiger charge is 1.98. The van der Waals surface area contributed by atoms with Crippen molar-refractivity contribution < 1.29 is 0 Å². The number of nitrogens with two attached hydrogens (primary N) is 1. The van der Waals surface area contributed by atoms with Gasteiger partial charge in [-0.05, 0) is 12.3 Å². The van der Waals surface area contributed by atoms with Crippen LogP contribution in [-0.4, -0.2) is 6.04 Å². The number of hydrogen-bond acceptors (Lipinski definition) is 1. The molecule has 0 aromatic rings. The van der Waals surface area contributed by atoms with E-state index in [0.29, 0.717) is 5.92 Å². The van der Waals surface area contributed by atoms with E-state index >= 15 is 0 Å². The summed E-state index contributed by atoms with van der Waals surface area (Å²) in [5.41, 5.74) is 5.44. The van der Waals surface area contributed by atoms with Crippen LogP contribution >= 0.6 is 0 Å². The molecule has 1 heteroatoms. The van der Waals surface area contributed by atoms with Crippen LogP contribution in [0.5, 0.6) is 0 Å². The van der Waals surface area contributed by atoms with Gasteiger partial charge in [-0.3, -0.25) is 0 Å². The fourth-order valence-electron chi connectivity index (χ4n) is 0.576. The van der Waals surface area contributed by atoms with E-state index < -0.39 is 0 Å². The summed E-state index contributed by atoms with van der Waals surface area (Å²) >= 11 is 0. The molecule has 0 rings (SSSR count). The molecule has 0 aliphatic rings. The van der Waals surface area contributed by atoms with Crippen molar-refractivity contribution in [3.8, 4) is 12.3 Å². The molecule has 1 unspecified atom stereocenters. The van der Waals surface area contributed by atoms with Crippen LogP contribution in [-0.2, 0) is 0 Å². The zero-order valence-electron chi connectivity index (χ0n) is 5.52. The van der Waals surface area contributed by atoms with Crippen molar-refractivity contribution in [3.05, 3.63) is 0 Å². The van der Waals surface area contributed by atoms with Crippen LogP contribution in [0.25, 0.3) is 0 Å². The van der Waals surface area contributed by atoms with Crippen LogP contribution in [0.15, 0.2) is 0 Å². The lowest BCUT2D eigenvalue weighted by molar-refractivity contribution is 0.554. The number of hydrogen-bond donors (Lipinski definition) is 1. The van der Waals surface area contributed by atoms with Crippen molar-refractivity contribution in [3.63, 3.8) is 0 Å². The van der Waals surface area contributed by atoms with Gasteiger partial charge in [-0.25, -0.2) is 0 Å². The summed E-state index contributed by atoms with van der Waals surface area (Å²) in [6, 6.07) is -0.0463. The Bertz CT molecular complexity index is 89.1. The highest BCUT2D eigenvalue weighted by molar-refractivity contribution is 4.96. The molecule has 0 spiro atoms. The van der Waals surface area contributed by atoms with Crippen molar-refractivity contribution in [2.75, 3.05) is 0 Å². The molecular weight excluding hydrogens is 98.1 g/mol. The normalized spacial score (nSPS) is 13.4. The lowest BCUT2D eigenvalue weighted by Crippen LogP contribution is -2.19. The maximum absolute atomic E-state index is 5.44. The van der Waals surface area contributed by atoms with E-state index in [4.69, 9.17) is 12.2 Å². The van der Waals surface area contributed by atoms with Crippen LogP contribution in [0.4, 0.5) is 0 Å². The maximum atomic E-state index is 5.44. The van der Waals surface area contributed by atoms with Crippen molar-refractivity contribution in [1.82, 2.24) is 0 Å². The van der Waals surface area contributed by atoms with E-state index in [2.05, 4.69) is 19.8 Å². The Morgan fingerprint density at radius 2 is 2.12 bits per heavy atom. The molecule has 0 saturated carbocycles. The molecule has 0 saturated heterocycles. The zero-order chi connectivity index (χ0) is 6.57. The van der Waals surface area contributed by atoms with E-state index in [0.717, 1.165) is 6.42 Å². The quantitative estimate of drug-likeness (QED) is 0.528. The Kier molecular flexibility index (Phi) is 3.30. The second kappa shape index (κ2) is 3.51. The summed E-state index contributed by atoms with van der Waals surface area (Å²) in [5, 5.41) is 0. The van der Waals surface area contributed by atoms with Gasteiger partial charge in [0.25, 0.3) is 0 Å². The summed E-state index contributed by atoms with van der Waals surface area (Å²) in [7, 11) is 0. The Labute approximate surface area is 51.3 Å². The van der Waals surface area contributed by atoms with E-state index in [1.165, 1.54) is 0 Å². The van der Waals surface area contributed by atoms with Gasteiger partial charge in [0.15, 0.2) is 0 Å². The molecule has 0 aliphatic heterocycles.